The quantitative estimate of drug-likeness (QED) is 0.874. The van der Waals surface area contributed by atoms with Crippen molar-refractivity contribution in [3.05, 3.63) is 29.9 Å². The predicted molar refractivity (Wildman–Crippen MR) is 69.1 cm³/mol. The highest BCUT2D eigenvalue weighted by Crippen LogP contribution is 2.18. The number of pyridine rings is 1. The lowest BCUT2D eigenvalue weighted by Gasteiger charge is -2.07. The lowest BCUT2D eigenvalue weighted by molar-refractivity contribution is 0.363. The molecule has 0 saturated heterocycles. The van der Waals surface area contributed by atoms with Crippen molar-refractivity contribution in [3.63, 3.8) is 0 Å². The van der Waals surface area contributed by atoms with Crippen LogP contribution in [-0.2, 0) is 6.42 Å². The van der Waals surface area contributed by atoms with E-state index >= 15 is 0 Å². The number of likely N-dealkylation sites (N-methyl/N-ethyl adjacent to an activating group) is 1. The van der Waals surface area contributed by atoms with Gasteiger partial charge in [-0.2, -0.15) is 4.98 Å². The van der Waals surface area contributed by atoms with E-state index in [4.69, 9.17) is 4.52 Å². The van der Waals surface area contributed by atoms with Crippen LogP contribution in [0.1, 0.15) is 25.3 Å². The molecule has 2 aromatic heterocycles. The van der Waals surface area contributed by atoms with E-state index in [0.29, 0.717) is 17.8 Å². The topological polar surface area (TPSA) is 63.8 Å². The van der Waals surface area contributed by atoms with E-state index in [1.165, 1.54) is 0 Å². The summed E-state index contributed by atoms with van der Waals surface area (Å²) in [4.78, 5) is 8.49. The molecule has 5 nitrogen and oxygen atoms in total. The van der Waals surface area contributed by atoms with E-state index in [-0.39, 0.29) is 0 Å². The molecule has 0 saturated carbocycles. The highest BCUT2D eigenvalue weighted by molar-refractivity contribution is 5.57. The zero-order valence-corrected chi connectivity index (χ0v) is 11.0. The first-order chi connectivity index (χ1) is 8.70. The zero-order chi connectivity index (χ0) is 13.0. The molecule has 0 bridgehead atoms. The summed E-state index contributed by atoms with van der Waals surface area (Å²) in [6.45, 7) is 7.12. The van der Waals surface area contributed by atoms with Crippen LogP contribution in [0.3, 0.4) is 0 Å². The molecule has 18 heavy (non-hydrogen) atoms. The predicted octanol–water partition coefficient (Wildman–Crippen LogP) is 1.98. The van der Waals surface area contributed by atoms with E-state index < -0.39 is 0 Å². The smallest absolute Gasteiger partial charge is 0.228 e. The van der Waals surface area contributed by atoms with Gasteiger partial charge in [0.25, 0.3) is 0 Å². The van der Waals surface area contributed by atoms with Crippen LogP contribution in [0.2, 0.25) is 0 Å². The summed E-state index contributed by atoms with van der Waals surface area (Å²) in [6, 6.07) is 2.27. The summed E-state index contributed by atoms with van der Waals surface area (Å²) >= 11 is 0. The summed E-state index contributed by atoms with van der Waals surface area (Å²) in [5, 5.41) is 7.32. The normalized spacial score (nSPS) is 12.6. The van der Waals surface area contributed by atoms with Crippen LogP contribution in [-0.4, -0.2) is 27.7 Å². The van der Waals surface area contributed by atoms with Gasteiger partial charge in [0.2, 0.25) is 11.7 Å². The number of nitrogens with zero attached hydrogens (tertiary/aromatic N) is 3. The van der Waals surface area contributed by atoms with E-state index in [1.54, 1.807) is 12.4 Å². The van der Waals surface area contributed by atoms with Crippen molar-refractivity contribution in [3.8, 4) is 11.4 Å². The number of aromatic nitrogens is 3. The molecule has 2 heterocycles. The third kappa shape index (κ3) is 2.92. The lowest BCUT2D eigenvalue weighted by Crippen LogP contribution is -2.27. The molecule has 1 atom stereocenters. The third-order valence-corrected chi connectivity index (χ3v) is 2.78. The Morgan fingerprint density at radius 3 is 3.00 bits per heavy atom. The van der Waals surface area contributed by atoms with Crippen LogP contribution >= 0.6 is 0 Å². The standard InChI is InChI=1S/C13H18N4O/c1-4-15-10(3)7-12-16-13(17-18-12)11-8-14-6-5-9(11)2/h5-6,8,10,15H,4,7H2,1-3H3. The van der Waals surface area contributed by atoms with E-state index in [1.807, 2.05) is 13.0 Å². The van der Waals surface area contributed by atoms with Crippen LogP contribution in [0.15, 0.2) is 23.0 Å². The number of nitrogens with one attached hydrogen (secondary N) is 1. The van der Waals surface area contributed by atoms with Crippen LogP contribution in [0.5, 0.6) is 0 Å². The second kappa shape index (κ2) is 5.73. The monoisotopic (exact) mass is 246 g/mol. The van der Waals surface area contributed by atoms with E-state index in [2.05, 4.69) is 34.3 Å². The summed E-state index contributed by atoms with van der Waals surface area (Å²) in [6.07, 6.45) is 4.25. The Kier molecular flexibility index (Phi) is 4.04. The molecule has 2 aromatic rings. The molecule has 0 radical (unpaired) electrons. The first kappa shape index (κ1) is 12.7. The molecule has 0 amide bonds. The van der Waals surface area contributed by atoms with Crippen molar-refractivity contribution in [1.29, 1.82) is 0 Å². The summed E-state index contributed by atoms with van der Waals surface area (Å²) < 4.78 is 5.26. The summed E-state index contributed by atoms with van der Waals surface area (Å²) in [5.74, 6) is 1.26. The Morgan fingerprint density at radius 2 is 2.28 bits per heavy atom. The van der Waals surface area contributed by atoms with Gasteiger partial charge in [0.15, 0.2) is 0 Å². The molecular formula is C13H18N4O. The first-order valence-corrected chi connectivity index (χ1v) is 6.17. The highest BCUT2D eigenvalue weighted by atomic mass is 16.5. The molecule has 0 aromatic carbocycles. The van der Waals surface area contributed by atoms with Gasteiger partial charge in [-0.25, -0.2) is 0 Å². The lowest BCUT2D eigenvalue weighted by atomic mass is 10.1. The second-order valence-electron chi connectivity index (χ2n) is 4.37. The highest BCUT2D eigenvalue weighted by Gasteiger charge is 2.12. The fraction of sp³-hybridized carbons (Fsp3) is 0.462. The number of hydrogen-bond donors (Lipinski definition) is 1. The number of rotatable bonds is 5. The second-order valence-corrected chi connectivity index (χ2v) is 4.37. The van der Waals surface area contributed by atoms with Gasteiger partial charge in [0, 0.05) is 30.4 Å². The average Bonchev–Trinajstić information content (AvgIpc) is 2.78. The minimum absolute atomic E-state index is 0.332. The van der Waals surface area contributed by atoms with Crippen molar-refractivity contribution in [2.24, 2.45) is 0 Å². The SMILES string of the molecule is CCNC(C)Cc1nc(-c2cnccc2C)no1. The molecule has 96 valence electrons. The molecule has 0 spiro atoms. The van der Waals surface area contributed by atoms with Gasteiger partial charge >= 0.3 is 0 Å². The maximum absolute atomic E-state index is 5.26. The van der Waals surface area contributed by atoms with Crippen LogP contribution in [0.4, 0.5) is 0 Å². The van der Waals surface area contributed by atoms with Crippen molar-refractivity contribution >= 4 is 0 Å². The van der Waals surface area contributed by atoms with Crippen LogP contribution in [0.25, 0.3) is 11.4 Å². The molecule has 0 aliphatic heterocycles. The first-order valence-electron chi connectivity index (χ1n) is 6.17. The molecule has 0 aliphatic carbocycles. The maximum Gasteiger partial charge on any atom is 0.228 e. The Hall–Kier alpha value is -1.75. The Balaban J connectivity index is 2.13. The van der Waals surface area contributed by atoms with Crippen LogP contribution in [0, 0.1) is 6.92 Å². The van der Waals surface area contributed by atoms with Gasteiger partial charge in [0.1, 0.15) is 0 Å². The Labute approximate surface area is 107 Å². The average molecular weight is 246 g/mol. The molecule has 5 heteroatoms. The van der Waals surface area contributed by atoms with Crippen LogP contribution < -0.4 is 5.32 Å². The van der Waals surface area contributed by atoms with Gasteiger partial charge in [-0.05, 0) is 32.0 Å². The maximum atomic E-state index is 5.26. The molecule has 1 N–H and O–H groups in total. The van der Waals surface area contributed by atoms with Gasteiger partial charge in [0.05, 0.1) is 0 Å². The fourth-order valence-electron chi connectivity index (χ4n) is 1.83. The van der Waals surface area contributed by atoms with Gasteiger partial charge in [-0.15, -0.1) is 0 Å². The Morgan fingerprint density at radius 1 is 1.44 bits per heavy atom. The molecule has 2 rings (SSSR count). The van der Waals surface area contributed by atoms with Gasteiger partial charge in [-0.1, -0.05) is 12.1 Å². The fourth-order valence-corrected chi connectivity index (χ4v) is 1.83. The minimum Gasteiger partial charge on any atom is -0.339 e. The van der Waals surface area contributed by atoms with Crippen molar-refractivity contribution in [2.45, 2.75) is 33.2 Å². The van der Waals surface area contributed by atoms with E-state index in [9.17, 15) is 0 Å². The van der Waals surface area contributed by atoms with Gasteiger partial charge in [-0.3, -0.25) is 4.98 Å². The largest absolute Gasteiger partial charge is 0.339 e. The van der Waals surface area contributed by atoms with E-state index in [0.717, 1.165) is 24.1 Å². The van der Waals surface area contributed by atoms with Gasteiger partial charge < -0.3 is 9.84 Å². The molecule has 0 aliphatic rings. The van der Waals surface area contributed by atoms with Crippen molar-refractivity contribution in [2.75, 3.05) is 6.54 Å². The molecular weight excluding hydrogens is 228 g/mol. The zero-order valence-electron chi connectivity index (χ0n) is 11.0. The number of hydrogen-bond acceptors (Lipinski definition) is 5. The third-order valence-electron chi connectivity index (χ3n) is 2.78. The summed E-state index contributed by atoms with van der Waals surface area (Å²) in [5.41, 5.74) is 2.01. The van der Waals surface area contributed by atoms with Crippen molar-refractivity contribution in [1.82, 2.24) is 20.4 Å². The summed E-state index contributed by atoms with van der Waals surface area (Å²) in [7, 11) is 0. The molecule has 1 unspecified atom stereocenters. The minimum atomic E-state index is 0.332. The Bertz CT molecular complexity index is 509. The molecule has 0 fully saturated rings. The number of aryl methyl sites for hydroxylation is 1. The van der Waals surface area contributed by atoms with Crippen molar-refractivity contribution < 1.29 is 4.52 Å².